The van der Waals surface area contributed by atoms with E-state index in [4.69, 9.17) is 5.73 Å². The highest BCUT2D eigenvalue weighted by Gasteiger charge is 2.20. The molecule has 2 rings (SSSR count). The van der Waals surface area contributed by atoms with Crippen LogP contribution < -0.4 is 10.6 Å². The molecule has 1 unspecified atom stereocenters. The van der Waals surface area contributed by atoms with E-state index in [1.807, 2.05) is 10.9 Å². The van der Waals surface area contributed by atoms with Crippen LogP contribution >= 0.6 is 0 Å². The number of nitrogens with two attached hydrogens (primary N) is 1. The predicted molar refractivity (Wildman–Crippen MR) is 88.5 cm³/mol. The van der Waals surface area contributed by atoms with Crippen molar-refractivity contribution in [3.63, 3.8) is 0 Å². The van der Waals surface area contributed by atoms with Crippen LogP contribution in [0.5, 0.6) is 0 Å². The molecule has 0 amide bonds. The van der Waals surface area contributed by atoms with Gasteiger partial charge in [0.05, 0.1) is 12.2 Å². The smallest absolute Gasteiger partial charge is 0.0695 e. The lowest BCUT2D eigenvalue weighted by Gasteiger charge is -2.32. The molecule has 2 aromatic rings. The van der Waals surface area contributed by atoms with Gasteiger partial charge in [-0.15, -0.1) is 0 Å². The lowest BCUT2D eigenvalue weighted by atomic mass is 10.1. The molecular formula is C17H26N4. The second-order valence-electron chi connectivity index (χ2n) is 5.36. The Morgan fingerprint density at radius 3 is 2.67 bits per heavy atom. The molecule has 0 aliphatic rings. The van der Waals surface area contributed by atoms with E-state index in [0.29, 0.717) is 6.54 Å². The highest BCUT2D eigenvalue weighted by molar-refractivity contribution is 5.54. The number of nitrogens with zero attached hydrogens (tertiary/aromatic N) is 3. The molecule has 0 aliphatic heterocycles. The van der Waals surface area contributed by atoms with Gasteiger partial charge in [-0.1, -0.05) is 25.1 Å². The highest BCUT2D eigenvalue weighted by Crippen LogP contribution is 2.28. The van der Waals surface area contributed by atoms with Crippen LogP contribution in [0.3, 0.4) is 0 Å². The van der Waals surface area contributed by atoms with Crippen molar-refractivity contribution >= 4 is 5.69 Å². The fraction of sp³-hybridized carbons (Fsp3) is 0.471. The van der Waals surface area contributed by atoms with Crippen LogP contribution in [0.1, 0.15) is 37.4 Å². The first-order chi connectivity index (χ1) is 10.2. The summed E-state index contributed by atoms with van der Waals surface area (Å²) in [6.45, 7) is 8.94. The Hall–Kier alpha value is -1.81. The first-order valence-corrected chi connectivity index (χ1v) is 7.75. The van der Waals surface area contributed by atoms with Crippen molar-refractivity contribution < 1.29 is 0 Å². The first kappa shape index (κ1) is 15.6. The summed E-state index contributed by atoms with van der Waals surface area (Å²) in [6.07, 6.45) is 5.17. The van der Waals surface area contributed by atoms with Crippen molar-refractivity contribution in [2.45, 2.75) is 39.8 Å². The summed E-state index contributed by atoms with van der Waals surface area (Å²) in [5.41, 5.74) is 9.79. The van der Waals surface area contributed by atoms with Gasteiger partial charge in [-0.05, 0) is 31.9 Å². The van der Waals surface area contributed by atoms with E-state index in [1.54, 1.807) is 0 Å². The zero-order chi connectivity index (χ0) is 15.2. The summed E-state index contributed by atoms with van der Waals surface area (Å²) in [4.78, 5) is 2.36. The summed E-state index contributed by atoms with van der Waals surface area (Å²) < 4.78 is 2.00. The van der Waals surface area contributed by atoms with Gasteiger partial charge in [-0.25, -0.2) is 0 Å². The lowest BCUT2D eigenvalue weighted by molar-refractivity contribution is 0.598. The number of hydrogen-bond donors (Lipinski definition) is 1. The number of aromatic nitrogens is 2. The molecule has 4 heteroatoms. The minimum atomic E-state index is 0.168. The third-order valence-electron chi connectivity index (χ3n) is 3.86. The number of benzene rings is 1. The van der Waals surface area contributed by atoms with Gasteiger partial charge in [0.15, 0.2) is 0 Å². The Labute approximate surface area is 127 Å². The average Bonchev–Trinajstić information content (AvgIpc) is 2.94. The van der Waals surface area contributed by atoms with Gasteiger partial charge in [0, 0.05) is 37.1 Å². The van der Waals surface area contributed by atoms with Crippen LogP contribution in [0.15, 0.2) is 36.7 Å². The molecule has 114 valence electrons. The van der Waals surface area contributed by atoms with Crippen molar-refractivity contribution in [1.82, 2.24) is 9.78 Å². The predicted octanol–water partition coefficient (Wildman–Crippen LogP) is 3.13. The highest BCUT2D eigenvalue weighted by atomic mass is 15.3. The average molecular weight is 286 g/mol. The molecule has 1 aromatic carbocycles. The Morgan fingerprint density at radius 2 is 2.05 bits per heavy atom. The van der Waals surface area contributed by atoms with E-state index in [-0.39, 0.29) is 6.04 Å². The van der Waals surface area contributed by atoms with E-state index in [2.05, 4.69) is 61.2 Å². The Balaban J connectivity index is 2.31. The molecule has 1 aromatic heterocycles. The minimum absolute atomic E-state index is 0.168. The molecule has 0 aliphatic carbocycles. The fourth-order valence-electron chi connectivity index (χ4n) is 2.79. The molecule has 0 saturated heterocycles. The molecular weight excluding hydrogens is 260 g/mol. The third kappa shape index (κ3) is 3.45. The first-order valence-electron chi connectivity index (χ1n) is 7.75. The van der Waals surface area contributed by atoms with Crippen LogP contribution in [0.4, 0.5) is 5.69 Å². The molecule has 2 N–H and O–H groups in total. The van der Waals surface area contributed by atoms with Gasteiger partial charge in [0.2, 0.25) is 0 Å². The van der Waals surface area contributed by atoms with Crippen LogP contribution in [0.2, 0.25) is 0 Å². The molecule has 0 saturated carbocycles. The van der Waals surface area contributed by atoms with Gasteiger partial charge in [0.25, 0.3) is 0 Å². The van der Waals surface area contributed by atoms with Gasteiger partial charge >= 0.3 is 0 Å². The summed E-state index contributed by atoms with van der Waals surface area (Å²) in [6, 6.07) is 8.63. The maximum atomic E-state index is 6.07. The molecule has 0 radical (unpaired) electrons. The van der Waals surface area contributed by atoms with Gasteiger partial charge in [0.1, 0.15) is 0 Å². The molecule has 0 bridgehead atoms. The van der Waals surface area contributed by atoms with Gasteiger partial charge in [-0.3, -0.25) is 4.68 Å². The van der Waals surface area contributed by atoms with E-state index in [1.165, 1.54) is 16.8 Å². The number of hydrogen-bond acceptors (Lipinski definition) is 3. The largest absolute Gasteiger partial charge is 0.363 e. The van der Waals surface area contributed by atoms with Gasteiger partial charge < -0.3 is 10.6 Å². The number of rotatable bonds is 7. The van der Waals surface area contributed by atoms with Crippen LogP contribution in [-0.4, -0.2) is 22.9 Å². The maximum absolute atomic E-state index is 6.07. The molecule has 1 heterocycles. The van der Waals surface area contributed by atoms with Crippen molar-refractivity contribution in [3.8, 4) is 0 Å². The SMILES string of the molecule is CCCn1cc(C(CN)N(CC)c2ccccc2C)cn1. The summed E-state index contributed by atoms with van der Waals surface area (Å²) in [5, 5.41) is 4.44. The normalized spacial score (nSPS) is 12.4. The van der Waals surface area contributed by atoms with Crippen molar-refractivity contribution in [3.05, 3.63) is 47.8 Å². The summed E-state index contributed by atoms with van der Waals surface area (Å²) >= 11 is 0. The number of likely N-dealkylation sites (N-methyl/N-ethyl adjacent to an activating group) is 1. The number of anilines is 1. The summed E-state index contributed by atoms with van der Waals surface area (Å²) in [5.74, 6) is 0. The van der Waals surface area contributed by atoms with Gasteiger partial charge in [-0.2, -0.15) is 5.10 Å². The van der Waals surface area contributed by atoms with E-state index < -0.39 is 0 Å². The third-order valence-corrected chi connectivity index (χ3v) is 3.86. The standard InChI is InChI=1S/C17H26N4/c1-4-10-20-13-15(12-19-20)17(11-18)21(5-2)16-9-7-6-8-14(16)3/h6-9,12-13,17H,4-5,10-11,18H2,1-3H3. The van der Waals surface area contributed by atoms with Crippen LogP contribution in [0.25, 0.3) is 0 Å². The Kier molecular flexibility index (Phi) is 5.39. The van der Waals surface area contributed by atoms with E-state index in [9.17, 15) is 0 Å². The maximum Gasteiger partial charge on any atom is 0.0695 e. The summed E-state index contributed by atoms with van der Waals surface area (Å²) in [7, 11) is 0. The monoisotopic (exact) mass is 286 g/mol. The van der Waals surface area contributed by atoms with Crippen molar-refractivity contribution in [2.24, 2.45) is 5.73 Å². The molecule has 21 heavy (non-hydrogen) atoms. The Morgan fingerprint density at radius 1 is 1.29 bits per heavy atom. The number of aryl methyl sites for hydroxylation is 2. The van der Waals surface area contributed by atoms with E-state index in [0.717, 1.165) is 19.5 Å². The fourth-order valence-corrected chi connectivity index (χ4v) is 2.79. The molecule has 0 spiro atoms. The molecule has 4 nitrogen and oxygen atoms in total. The quantitative estimate of drug-likeness (QED) is 0.850. The number of para-hydroxylation sites is 1. The van der Waals surface area contributed by atoms with Crippen molar-refractivity contribution in [1.29, 1.82) is 0 Å². The Bertz CT molecular complexity index is 561. The lowest BCUT2D eigenvalue weighted by Crippen LogP contribution is -2.34. The van der Waals surface area contributed by atoms with Crippen LogP contribution in [-0.2, 0) is 6.54 Å². The topological polar surface area (TPSA) is 47.1 Å². The zero-order valence-electron chi connectivity index (χ0n) is 13.3. The van der Waals surface area contributed by atoms with Crippen LogP contribution in [0, 0.1) is 6.92 Å². The van der Waals surface area contributed by atoms with Crippen molar-refractivity contribution in [2.75, 3.05) is 18.0 Å². The molecule has 1 atom stereocenters. The second kappa shape index (κ2) is 7.27. The minimum Gasteiger partial charge on any atom is -0.363 e. The second-order valence-corrected chi connectivity index (χ2v) is 5.36. The van der Waals surface area contributed by atoms with E-state index >= 15 is 0 Å². The molecule has 0 fully saturated rings. The zero-order valence-corrected chi connectivity index (χ0v) is 13.3.